The lowest BCUT2D eigenvalue weighted by atomic mass is 9.96. The Bertz CT molecular complexity index is 243. The van der Waals surface area contributed by atoms with Crippen molar-refractivity contribution in [1.29, 1.82) is 0 Å². The van der Waals surface area contributed by atoms with Crippen molar-refractivity contribution in [2.75, 3.05) is 13.2 Å². The largest absolute Gasteiger partial charge is 0.465 e. The van der Waals surface area contributed by atoms with E-state index in [0.29, 0.717) is 6.42 Å². The molecule has 0 heterocycles. The van der Waals surface area contributed by atoms with Gasteiger partial charge in [0.05, 0.1) is 13.2 Å². The monoisotopic (exact) mass is 214 g/mol. The third-order valence-electron chi connectivity index (χ3n) is 1.68. The fourth-order valence-electron chi connectivity index (χ4n) is 0.745. The highest BCUT2D eigenvalue weighted by molar-refractivity contribution is 5.81. The lowest BCUT2D eigenvalue weighted by Gasteiger charge is -2.23. The van der Waals surface area contributed by atoms with Crippen molar-refractivity contribution < 1.29 is 19.1 Å². The Morgan fingerprint density at radius 3 is 2.27 bits per heavy atom. The Kier molecular flexibility index (Phi) is 5.67. The van der Waals surface area contributed by atoms with Crippen molar-refractivity contribution in [2.24, 2.45) is 5.41 Å². The molecule has 0 bridgehead atoms. The molecular weight excluding hydrogens is 196 g/mol. The molecule has 0 aliphatic rings. The van der Waals surface area contributed by atoms with Crippen LogP contribution in [-0.4, -0.2) is 25.2 Å². The lowest BCUT2D eigenvalue weighted by Crippen LogP contribution is -2.28. The highest BCUT2D eigenvalue weighted by atomic mass is 16.5. The van der Waals surface area contributed by atoms with Gasteiger partial charge in [0.25, 0.3) is 0 Å². The van der Waals surface area contributed by atoms with Gasteiger partial charge in [0.15, 0.2) is 0 Å². The third-order valence-corrected chi connectivity index (χ3v) is 1.68. The molecule has 0 saturated heterocycles. The van der Waals surface area contributed by atoms with Gasteiger partial charge in [-0.3, -0.25) is 4.79 Å². The van der Waals surface area contributed by atoms with Crippen molar-refractivity contribution >= 4 is 11.9 Å². The minimum atomic E-state index is -0.468. The molecule has 0 rings (SSSR count). The Morgan fingerprint density at radius 1 is 1.27 bits per heavy atom. The first-order chi connectivity index (χ1) is 6.91. The van der Waals surface area contributed by atoms with Gasteiger partial charge >= 0.3 is 11.9 Å². The molecule has 0 aliphatic heterocycles. The van der Waals surface area contributed by atoms with Crippen molar-refractivity contribution in [3.05, 3.63) is 12.7 Å². The average Bonchev–Trinajstić information content (AvgIpc) is 2.22. The first kappa shape index (κ1) is 13.7. The minimum absolute atomic E-state index is 0.203. The Hall–Kier alpha value is -1.32. The Balaban J connectivity index is 3.90. The van der Waals surface area contributed by atoms with Gasteiger partial charge in [0.1, 0.15) is 0 Å². The molecule has 0 spiro atoms. The van der Waals surface area contributed by atoms with E-state index in [2.05, 4.69) is 6.58 Å². The van der Waals surface area contributed by atoms with Gasteiger partial charge in [-0.2, -0.15) is 0 Å². The molecule has 0 aliphatic carbocycles. The topological polar surface area (TPSA) is 52.6 Å². The van der Waals surface area contributed by atoms with Crippen molar-refractivity contribution in [1.82, 2.24) is 0 Å². The van der Waals surface area contributed by atoms with Crippen LogP contribution in [0.1, 0.15) is 27.2 Å². The fourth-order valence-corrected chi connectivity index (χ4v) is 0.745. The molecule has 86 valence electrons. The maximum absolute atomic E-state index is 10.9. The van der Waals surface area contributed by atoms with Gasteiger partial charge < -0.3 is 9.47 Å². The van der Waals surface area contributed by atoms with E-state index in [4.69, 9.17) is 9.47 Å². The summed E-state index contributed by atoms with van der Waals surface area (Å²) in [5.74, 6) is -0.719. The summed E-state index contributed by atoms with van der Waals surface area (Å²) in [6.07, 6.45) is 1.46. The number of carbonyl (C=O) groups excluding carboxylic acids is 2. The van der Waals surface area contributed by atoms with Gasteiger partial charge in [-0.15, -0.1) is 0 Å². The summed E-state index contributed by atoms with van der Waals surface area (Å²) in [5, 5.41) is 0. The van der Waals surface area contributed by atoms with Gasteiger partial charge in [0.2, 0.25) is 0 Å². The van der Waals surface area contributed by atoms with E-state index >= 15 is 0 Å². The molecule has 15 heavy (non-hydrogen) atoms. The molecule has 4 heteroatoms. The van der Waals surface area contributed by atoms with Crippen LogP contribution >= 0.6 is 0 Å². The summed E-state index contributed by atoms with van der Waals surface area (Å²) in [5.41, 5.74) is -0.372. The van der Waals surface area contributed by atoms with E-state index in [-0.39, 0.29) is 24.6 Å². The zero-order chi connectivity index (χ0) is 11.9. The maximum Gasteiger partial charge on any atom is 0.330 e. The SMILES string of the molecule is C=CC(=O)OCC(C)(C)COC(=O)CC. The number of ether oxygens (including phenoxy) is 2. The van der Waals surface area contributed by atoms with Crippen molar-refractivity contribution in [3.8, 4) is 0 Å². The number of rotatable bonds is 6. The second-order valence-electron chi connectivity index (χ2n) is 3.99. The fraction of sp³-hybridized carbons (Fsp3) is 0.636. The third kappa shape index (κ3) is 6.71. The zero-order valence-corrected chi connectivity index (χ0v) is 9.54. The van der Waals surface area contributed by atoms with Gasteiger partial charge in [0, 0.05) is 17.9 Å². The van der Waals surface area contributed by atoms with Crippen molar-refractivity contribution in [2.45, 2.75) is 27.2 Å². The molecule has 0 aromatic heterocycles. The lowest BCUT2D eigenvalue weighted by molar-refractivity contribution is -0.150. The van der Waals surface area contributed by atoms with E-state index in [1.165, 1.54) is 0 Å². The second kappa shape index (κ2) is 6.22. The predicted octanol–water partition coefficient (Wildman–Crippen LogP) is 1.69. The van der Waals surface area contributed by atoms with Crippen LogP contribution in [0.2, 0.25) is 0 Å². The number of hydrogen-bond acceptors (Lipinski definition) is 4. The Morgan fingerprint density at radius 2 is 1.80 bits per heavy atom. The summed E-state index contributed by atoms with van der Waals surface area (Å²) in [6.45, 7) is 9.17. The van der Waals surface area contributed by atoms with Crippen molar-refractivity contribution in [3.63, 3.8) is 0 Å². The first-order valence-corrected chi connectivity index (χ1v) is 4.86. The van der Waals surface area contributed by atoms with E-state index in [9.17, 15) is 9.59 Å². The molecule has 0 N–H and O–H groups in total. The summed E-state index contributed by atoms with van der Waals surface area (Å²) < 4.78 is 9.84. The van der Waals surface area contributed by atoms with Crippen LogP contribution in [0.5, 0.6) is 0 Å². The van der Waals surface area contributed by atoms with Crippen LogP contribution in [0.25, 0.3) is 0 Å². The summed E-state index contributed by atoms with van der Waals surface area (Å²) in [4.78, 5) is 21.7. The van der Waals surface area contributed by atoms with E-state index in [1.807, 2.05) is 13.8 Å². The van der Waals surface area contributed by atoms with E-state index in [1.54, 1.807) is 6.92 Å². The first-order valence-electron chi connectivity index (χ1n) is 4.86. The molecule has 0 aromatic carbocycles. The smallest absolute Gasteiger partial charge is 0.330 e. The van der Waals surface area contributed by atoms with Gasteiger partial charge in [-0.25, -0.2) is 4.79 Å². The number of carbonyl (C=O) groups is 2. The molecule has 0 atom stereocenters. The second-order valence-corrected chi connectivity index (χ2v) is 3.99. The zero-order valence-electron chi connectivity index (χ0n) is 9.54. The standard InChI is InChI=1S/C11H18O4/c1-5-9(12)14-7-11(3,4)8-15-10(13)6-2/h5H,1,6-8H2,2-4H3. The molecular formula is C11H18O4. The highest BCUT2D eigenvalue weighted by Gasteiger charge is 2.21. The van der Waals surface area contributed by atoms with Gasteiger partial charge in [-0.1, -0.05) is 27.4 Å². The summed E-state index contributed by atoms with van der Waals surface area (Å²) in [7, 11) is 0. The summed E-state index contributed by atoms with van der Waals surface area (Å²) >= 11 is 0. The van der Waals surface area contributed by atoms with Crippen LogP contribution in [-0.2, 0) is 19.1 Å². The minimum Gasteiger partial charge on any atom is -0.465 e. The van der Waals surface area contributed by atoms with Crippen LogP contribution in [0.15, 0.2) is 12.7 Å². The average molecular weight is 214 g/mol. The molecule has 0 aromatic rings. The molecule has 0 unspecified atom stereocenters. The molecule has 0 fully saturated rings. The maximum atomic E-state index is 10.9. The molecule has 0 saturated carbocycles. The molecule has 0 amide bonds. The van der Waals surface area contributed by atoms with Crippen LogP contribution < -0.4 is 0 Å². The summed E-state index contributed by atoms with van der Waals surface area (Å²) in [6, 6.07) is 0. The van der Waals surface area contributed by atoms with Gasteiger partial charge in [-0.05, 0) is 0 Å². The Labute approximate surface area is 90.2 Å². The highest BCUT2D eigenvalue weighted by Crippen LogP contribution is 2.16. The number of esters is 2. The van der Waals surface area contributed by atoms with Crippen LogP contribution in [0.3, 0.4) is 0 Å². The molecule has 0 radical (unpaired) electrons. The van der Waals surface area contributed by atoms with E-state index < -0.39 is 5.97 Å². The molecule has 4 nitrogen and oxygen atoms in total. The number of hydrogen-bond donors (Lipinski definition) is 0. The van der Waals surface area contributed by atoms with Crippen LogP contribution in [0.4, 0.5) is 0 Å². The quantitative estimate of drug-likeness (QED) is 0.498. The normalized spacial score (nSPS) is 10.6. The predicted molar refractivity (Wildman–Crippen MR) is 56.2 cm³/mol. The van der Waals surface area contributed by atoms with E-state index in [0.717, 1.165) is 6.08 Å². The van der Waals surface area contributed by atoms with Crippen LogP contribution in [0, 0.1) is 5.41 Å².